The van der Waals surface area contributed by atoms with Crippen molar-refractivity contribution in [1.82, 2.24) is 4.90 Å². The molecule has 2 N–H and O–H groups in total. The number of hydrogen-bond acceptors (Lipinski definition) is 2. The van der Waals surface area contributed by atoms with E-state index in [0.717, 1.165) is 37.8 Å². The molecule has 0 heterocycles. The zero-order chi connectivity index (χ0) is 15.8. The van der Waals surface area contributed by atoms with Crippen LogP contribution in [0.5, 0.6) is 0 Å². The SMILES string of the molecule is CC(c1ccc(F)c(F)c1)N(C)C(=O)CCCCCCN.Cl. The Bertz CT molecular complexity index is 471. The van der Waals surface area contributed by atoms with Gasteiger partial charge >= 0.3 is 0 Å². The predicted octanol–water partition coefficient (Wildman–Crippen LogP) is 3.82. The van der Waals surface area contributed by atoms with Gasteiger partial charge in [0.05, 0.1) is 6.04 Å². The number of nitrogens with zero attached hydrogens (tertiary/aromatic N) is 1. The van der Waals surface area contributed by atoms with Crippen LogP contribution in [0.3, 0.4) is 0 Å². The summed E-state index contributed by atoms with van der Waals surface area (Å²) in [6.07, 6.45) is 4.29. The van der Waals surface area contributed by atoms with Crippen molar-refractivity contribution in [1.29, 1.82) is 0 Å². The fraction of sp³-hybridized carbons (Fsp3) is 0.562. The first-order valence-electron chi connectivity index (χ1n) is 7.38. The van der Waals surface area contributed by atoms with E-state index in [4.69, 9.17) is 5.73 Å². The van der Waals surface area contributed by atoms with Gasteiger partial charge in [0.15, 0.2) is 11.6 Å². The number of hydrogen-bond donors (Lipinski definition) is 1. The van der Waals surface area contributed by atoms with Crippen molar-refractivity contribution in [2.45, 2.75) is 45.1 Å². The molecule has 22 heavy (non-hydrogen) atoms. The van der Waals surface area contributed by atoms with Gasteiger partial charge in [-0.25, -0.2) is 8.78 Å². The Kier molecular flexibility index (Phi) is 9.94. The molecule has 0 saturated heterocycles. The van der Waals surface area contributed by atoms with E-state index in [0.29, 0.717) is 18.5 Å². The molecule has 1 aromatic rings. The highest BCUT2D eigenvalue weighted by molar-refractivity contribution is 5.85. The van der Waals surface area contributed by atoms with E-state index in [1.807, 2.05) is 0 Å². The molecular weight excluding hydrogens is 310 g/mol. The summed E-state index contributed by atoms with van der Waals surface area (Å²) in [5.41, 5.74) is 6.00. The highest BCUT2D eigenvalue weighted by Crippen LogP contribution is 2.22. The van der Waals surface area contributed by atoms with E-state index in [1.165, 1.54) is 6.07 Å². The molecule has 1 aromatic carbocycles. The third kappa shape index (κ3) is 6.28. The van der Waals surface area contributed by atoms with Gasteiger partial charge in [-0.3, -0.25) is 4.79 Å². The van der Waals surface area contributed by atoms with Gasteiger partial charge in [0.25, 0.3) is 0 Å². The monoisotopic (exact) mass is 334 g/mol. The van der Waals surface area contributed by atoms with Crippen LogP contribution in [0.25, 0.3) is 0 Å². The van der Waals surface area contributed by atoms with Crippen molar-refractivity contribution < 1.29 is 13.6 Å². The summed E-state index contributed by atoms with van der Waals surface area (Å²) >= 11 is 0. The summed E-state index contributed by atoms with van der Waals surface area (Å²) in [7, 11) is 1.69. The number of halogens is 3. The maximum Gasteiger partial charge on any atom is 0.222 e. The maximum absolute atomic E-state index is 13.2. The van der Waals surface area contributed by atoms with Crippen molar-refractivity contribution in [2.24, 2.45) is 5.73 Å². The standard InChI is InChI=1S/C16H24F2N2O.ClH/c1-12(13-8-9-14(17)15(18)11-13)20(2)16(21)7-5-3-4-6-10-19;/h8-9,11-12H,3-7,10,19H2,1-2H3;1H. The Morgan fingerprint density at radius 2 is 1.82 bits per heavy atom. The molecule has 1 atom stereocenters. The summed E-state index contributed by atoms with van der Waals surface area (Å²) in [6, 6.07) is 3.46. The number of unbranched alkanes of at least 4 members (excludes halogenated alkanes) is 3. The van der Waals surface area contributed by atoms with Crippen LogP contribution in [0.2, 0.25) is 0 Å². The van der Waals surface area contributed by atoms with E-state index in [1.54, 1.807) is 18.9 Å². The summed E-state index contributed by atoms with van der Waals surface area (Å²) in [5, 5.41) is 0. The molecule has 0 saturated carbocycles. The second-order valence-corrected chi connectivity index (χ2v) is 5.31. The smallest absolute Gasteiger partial charge is 0.222 e. The Labute approximate surface area is 137 Å². The normalized spacial score (nSPS) is 11.7. The van der Waals surface area contributed by atoms with E-state index in [9.17, 15) is 13.6 Å². The van der Waals surface area contributed by atoms with E-state index in [2.05, 4.69) is 0 Å². The molecule has 3 nitrogen and oxygen atoms in total. The Morgan fingerprint density at radius 1 is 1.18 bits per heavy atom. The first-order chi connectivity index (χ1) is 9.97. The quantitative estimate of drug-likeness (QED) is 0.735. The lowest BCUT2D eigenvalue weighted by molar-refractivity contribution is -0.131. The van der Waals surface area contributed by atoms with E-state index >= 15 is 0 Å². The van der Waals surface area contributed by atoms with Crippen LogP contribution in [0.1, 0.15) is 50.6 Å². The van der Waals surface area contributed by atoms with Crippen molar-refractivity contribution in [3.63, 3.8) is 0 Å². The molecule has 0 bridgehead atoms. The molecule has 0 aliphatic heterocycles. The Balaban J connectivity index is 0.00000441. The fourth-order valence-electron chi connectivity index (χ4n) is 2.16. The largest absolute Gasteiger partial charge is 0.339 e. The average molecular weight is 335 g/mol. The van der Waals surface area contributed by atoms with Crippen molar-refractivity contribution >= 4 is 18.3 Å². The number of benzene rings is 1. The molecule has 126 valence electrons. The highest BCUT2D eigenvalue weighted by Gasteiger charge is 2.18. The van der Waals surface area contributed by atoms with Gasteiger partial charge in [-0.05, 0) is 44.0 Å². The molecule has 6 heteroatoms. The number of nitrogens with two attached hydrogens (primary N) is 1. The molecule has 1 rings (SSSR count). The van der Waals surface area contributed by atoms with Gasteiger partial charge in [0, 0.05) is 13.5 Å². The number of rotatable bonds is 8. The van der Waals surface area contributed by atoms with Crippen LogP contribution < -0.4 is 5.73 Å². The highest BCUT2D eigenvalue weighted by atomic mass is 35.5. The molecule has 0 spiro atoms. The van der Waals surface area contributed by atoms with Crippen LogP contribution in [0.4, 0.5) is 8.78 Å². The molecule has 0 aromatic heterocycles. The zero-order valence-corrected chi connectivity index (χ0v) is 14.0. The van der Waals surface area contributed by atoms with Gasteiger partial charge < -0.3 is 10.6 Å². The van der Waals surface area contributed by atoms with Gasteiger partial charge in [0.2, 0.25) is 5.91 Å². The molecule has 0 radical (unpaired) electrons. The van der Waals surface area contributed by atoms with Crippen molar-refractivity contribution in [3.05, 3.63) is 35.4 Å². The van der Waals surface area contributed by atoms with Crippen molar-refractivity contribution in [3.8, 4) is 0 Å². The van der Waals surface area contributed by atoms with Gasteiger partial charge in [-0.2, -0.15) is 0 Å². The second-order valence-electron chi connectivity index (χ2n) is 5.31. The molecular formula is C16H25ClF2N2O. The second kappa shape index (κ2) is 10.5. The zero-order valence-electron chi connectivity index (χ0n) is 13.1. The van der Waals surface area contributed by atoms with E-state index in [-0.39, 0.29) is 24.4 Å². The molecule has 1 amide bonds. The third-order valence-corrected chi connectivity index (χ3v) is 3.75. The number of carbonyl (C=O) groups is 1. The Hall–Kier alpha value is -1.20. The number of amides is 1. The fourth-order valence-corrected chi connectivity index (χ4v) is 2.16. The molecule has 0 aliphatic rings. The minimum atomic E-state index is -0.887. The number of carbonyl (C=O) groups excluding carboxylic acids is 1. The van der Waals surface area contributed by atoms with Crippen LogP contribution in [-0.4, -0.2) is 24.4 Å². The van der Waals surface area contributed by atoms with Gasteiger partial charge in [-0.15, -0.1) is 12.4 Å². The first kappa shape index (κ1) is 20.8. The lowest BCUT2D eigenvalue weighted by Gasteiger charge is -2.25. The summed E-state index contributed by atoms with van der Waals surface area (Å²) < 4.78 is 26.2. The van der Waals surface area contributed by atoms with Gasteiger partial charge in [-0.1, -0.05) is 18.9 Å². The average Bonchev–Trinajstić information content (AvgIpc) is 2.48. The summed E-state index contributed by atoms with van der Waals surface area (Å²) in [4.78, 5) is 13.7. The first-order valence-corrected chi connectivity index (χ1v) is 7.38. The maximum atomic E-state index is 13.2. The minimum absolute atomic E-state index is 0. The lowest BCUT2D eigenvalue weighted by Crippen LogP contribution is -2.29. The van der Waals surface area contributed by atoms with Crippen molar-refractivity contribution in [2.75, 3.05) is 13.6 Å². The third-order valence-electron chi connectivity index (χ3n) is 3.75. The van der Waals surface area contributed by atoms with Crippen LogP contribution in [0, 0.1) is 11.6 Å². The van der Waals surface area contributed by atoms with E-state index < -0.39 is 11.6 Å². The van der Waals surface area contributed by atoms with Crippen LogP contribution in [0.15, 0.2) is 18.2 Å². The molecule has 0 fully saturated rings. The summed E-state index contributed by atoms with van der Waals surface area (Å²) in [5.74, 6) is -1.75. The molecule has 1 unspecified atom stereocenters. The summed E-state index contributed by atoms with van der Waals surface area (Å²) in [6.45, 7) is 2.49. The minimum Gasteiger partial charge on any atom is -0.339 e. The Morgan fingerprint density at radius 3 is 2.41 bits per heavy atom. The van der Waals surface area contributed by atoms with Crippen LogP contribution in [-0.2, 0) is 4.79 Å². The lowest BCUT2D eigenvalue weighted by atomic mass is 10.1. The van der Waals surface area contributed by atoms with Gasteiger partial charge in [0.1, 0.15) is 0 Å². The van der Waals surface area contributed by atoms with Crippen LogP contribution >= 0.6 is 12.4 Å². The topological polar surface area (TPSA) is 46.3 Å². The molecule has 0 aliphatic carbocycles. The predicted molar refractivity (Wildman–Crippen MR) is 86.9 cm³/mol.